The van der Waals surface area contributed by atoms with Crippen LogP contribution < -0.4 is 5.32 Å². The number of nitrogens with one attached hydrogen (secondary N) is 1. The van der Waals surface area contributed by atoms with Gasteiger partial charge in [0.05, 0.1) is 0 Å². The van der Waals surface area contributed by atoms with Crippen molar-refractivity contribution in [3.63, 3.8) is 0 Å². The first-order chi connectivity index (χ1) is 8.58. The average molecular weight is 254 g/mol. The minimum absolute atomic E-state index is 0.666. The van der Waals surface area contributed by atoms with Crippen molar-refractivity contribution >= 4 is 0 Å². The predicted octanol–water partition coefficient (Wildman–Crippen LogP) is 3.52. The zero-order chi connectivity index (χ0) is 13.5. The molecule has 0 saturated heterocycles. The fourth-order valence-corrected chi connectivity index (χ4v) is 3.11. The van der Waals surface area contributed by atoms with Crippen LogP contribution in [0, 0.1) is 11.8 Å². The topological polar surface area (TPSA) is 15.3 Å². The predicted molar refractivity (Wildman–Crippen MR) is 81.0 cm³/mol. The summed E-state index contributed by atoms with van der Waals surface area (Å²) in [5.74, 6) is 1.82. The maximum absolute atomic E-state index is 3.78. The summed E-state index contributed by atoms with van der Waals surface area (Å²) >= 11 is 0. The molecule has 108 valence electrons. The molecule has 1 rings (SSSR count). The zero-order valence-corrected chi connectivity index (χ0v) is 13.2. The van der Waals surface area contributed by atoms with E-state index in [1.54, 1.807) is 0 Å². The van der Waals surface area contributed by atoms with Gasteiger partial charge in [0.25, 0.3) is 0 Å². The monoisotopic (exact) mass is 254 g/mol. The van der Waals surface area contributed by atoms with Crippen LogP contribution in [0.2, 0.25) is 0 Å². The highest BCUT2D eigenvalue weighted by molar-refractivity contribution is 4.86. The third-order valence-corrected chi connectivity index (χ3v) is 4.73. The second-order valence-electron chi connectivity index (χ2n) is 6.44. The number of hydrogen-bond donors (Lipinski definition) is 1. The first-order valence-corrected chi connectivity index (χ1v) is 8.02. The Kier molecular flexibility index (Phi) is 7.25. The van der Waals surface area contributed by atoms with Crippen molar-refractivity contribution in [2.75, 3.05) is 20.1 Å². The summed E-state index contributed by atoms with van der Waals surface area (Å²) < 4.78 is 0. The largest absolute Gasteiger partial charge is 0.314 e. The van der Waals surface area contributed by atoms with Crippen molar-refractivity contribution in [3.8, 4) is 0 Å². The minimum atomic E-state index is 0.666. The van der Waals surface area contributed by atoms with E-state index in [9.17, 15) is 0 Å². The van der Waals surface area contributed by atoms with Gasteiger partial charge in [0, 0.05) is 18.6 Å². The van der Waals surface area contributed by atoms with E-state index in [0.29, 0.717) is 6.04 Å². The summed E-state index contributed by atoms with van der Waals surface area (Å²) in [7, 11) is 2.27. The highest BCUT2D eigenvalue weighted by Gasteiger charge is 2.30. The van der Waals surface area contributed by atoms with Crippen molar-refractivity contribution in [1.82, 2.24) is 10.2 Å². The molecule has 1 fully saturated rings. The lowest BCUT2D eigenvalue weighted by Crippen LogP contribution is -2.46. The molecule has 0 heterocycles. The van der Waals surface area contributed by atoms with Gasteiger partial charge in [-0.1, -0.05) is 20.3 Å². The van der Waals surface area contributed by atoms with Gasteiger partial charge in [-0.05, 0) is 65.0 Å². The van der Waals surface area contributed by atoms with Gasteiger partial charge in [0.1, 0.15) is 0 Å². The van der Waals surface area contributed by atoms with Crippen LogP contribution in [-0.4, -0.2) is 37.1 Å². The maximum atomic E-state index is 3.78. The summed E-state index contributed by atoms with van der Waals surface area (Å²) in [6, 6.07) is 1.42. The maximum Gasteiger partial charge on any atom is 0.0108 e. The molecular weight excluding hydrogens is 220 g/mol. The van der Waals surface area contributed by atoms with E-state index in [4.69, 9.17) is 0 Å². The van der Waals surface area contributed by atoms with E-state index in [1.165, 1.54) is 45.2 Å². The summed E-state index contributed by atoms with van der Waals surface area (Å²) in [4.78, 5) is 2.52. The van der Waals surface area contributed by atoms with Gasteiger partial charge < -0.3 is 10.2 Å². The molecule has 0 aromatic rings. The molecule has 0 spiro atoms. The normalized spacial score (nSPS) is 29.2. The van der Waals surface area contributed by atoms with Crippen LogP contribution >= 0.6 is 0 Å². The van der Waals surface area contributed by atoms with Crippen molar-refractivity contribution in [2.45, 2.75) is 71.9 Å². The molecule has 0 radical (unpaired) electrons. The molecule has 0 aliphatic heterocycles. The SMILES string of the molecule is CCCNC1CCC(CC)CC1CN(C)C(C)C. The number of hydrogen-bond acceptors (Lipinski definition) is 2. The summed E-state index contributed by atoms with van der Waals surface area (Å²) in [6.07, 6.45) is 6.85. The van der Waals surface area contributed by atoms with E-state index in [2.05, 4.69) is 45.0 Å². The molecule has 0 amide bonds. The lowest BCUT2D eigenvalue weighted by molar-refractivity contribution is 0.137. The molecule has 0 aromatic heterocycles. The molecule has 0 aromatic carbocycles. The third kappa shape index (κ3) is 4.89. The van der Waals surface area contributed by atoms with Gasteiger partial charge in [-0.3, -0.25) is 0 Å². The second kappa shape index (κ2) is 8.16. The Balaban J connectivity index is 2.53. The molecule has 2 nitrogen and oxygen atoms in total. The van der Waals surface area contributed by atoms with E-state index in [0.717, 1.165) is 17.9 Å². The van der Waals surface area contributed by atoms with Crippen LogP contribution in [0.5, 0.6) is 0 Å². The Hall–Kier alpha value is -0.0800. The molecule has 1 N–H and O–H groups in total. The fraction of sp³-hybridized carbons (Fsp3) is 1.00. The van der Waals surface area contributed by atoms with Crippen LogP contribution in [0.4, 0.5) is 0 Å². The molecule has 3 atom stereocenters. The summed E-state index contributed by atoms with van der Waals surface area (Å²) in [5, 5.41) is 3.78. The highest BCUT2D eigenvalue weighted by atomic mass is 15.1. The van der Waals surface area contributed by atoms with Crippen molar-refractivity contribution in [2.24, 2.45) is 11.8 Å². The zero-order valence-electron chi connectivity index (χ0n) is 13.2. The van der Waals surface area contributed by atoms with Crippen LogP contribution in [0.3, 0.4) is 0 Å². The number of rotatable bonds is 7. The van der Waals surface area contributed by atoms with E-state index in [1.807, 2.05) is 0 Å². The first-order valence-electron chi connectivity index (χ1n) is 8.02. The van der Waals surface area contributed by atoms with Crippen LogP contribution in [0.15, 0.2) is 0 Å². The lowest BCUT2D eigenvalue weighted by atomic mass is 9.76. The van der Waals surface area contributed by atoms with Gasteiger partial charge in [-0.2, -0.15) is 0 Å². The minimum Gasteiger partial charge on any atom is -0.314 e. The van der Waals surface area contributed by atoms with E-state index >= 15 is 0 Å². The van der Waals surface area contributed by atoms with Crippen LogP contribution in [0.25, 0.3) is 0 Å². The Morgan fingerprint density at radius 3 is 2.50 bits per heavy atom. The van der Waals surface area contributed by atoms with Crippen molar-refractivity contribution < 1.29 is 0 Å². The average Bonchev–Trinajstić information content (AvgIpc) is 2.36. The third-order valence-electron chi connectivity index (χ3n) is 4.73. The Bertz CT molecular complexity index is 215. The molecule has 1 saturated carbocycles. The van der Waals surface area contributed by atoms with Crippen LogP contribution in [-0.2, 0) is 0 Å². The molecule has 3 unspecified atom stereocenters. The molecular formula is C16H34N2. The molecule has 0 bridgehead atoms. The molecule has 18 heavy (non-hydrogen) atoms. The Morgan fingerprint density at radius 2 is 1.94 bits per heavy atom. The lowest BCUT2D eigenvalue weighted by Gasteiger charge is -2.39. The molecule has 2 heteroatoms. The van der Waals surface area contributed by atoms with E-state index < -0.39 is 0 Å². The smallest absolute Gasteiger partial charge is 0.0108 e. The Morgan fingerprint density at radius 1 is 1.22 bits per heavy atom. The summed E-state index contributed by atoms with van der Waals surface area (Å²) in [5.41, 5.74) is 0. The van der Waals surface area contributed by atoms with Gasteiger partial charge >= 0.3 is 0 Å². The first kappa shape index (κ1) is 16.0. The van der Waals surface area contributed by atoms with E-state index in [-0.39, 0.29) is 0 Å². The summed E-state index contributed by atoms with van der Waals surface area (Å²) in [6.45, 7) is 11.7. The number of nitrogens with zero attached hydrogens (tertiary/aromatic N) is 1. The Labute approximate surface area is 115 Å². The highest BCUT2D eigenvalue weighted by Crippen LogP contribution is 2.32. The van der Waals surface area contributed by atoms with Gasteiger partial charge in [-0.25, -0.2) is 0 Å². The molecule has 1 aliphatic carbocycles. The molecule has 1 aliphatic rings. The van der Waals surface area contributed by atoms with Gasteiger partial charge in [0.2, 0.25) is 0 Å². The fourth-order valence-electron chi connectivity index (χ4n) is 3.11. The van der Waals surface area contributed by atoms with Gasteiger partial charge in [-0.15, -0.1) is 0 Å². The quantitative estimate of drug-likeness (QED) is 0.748. The van der Waals surface area contributed by atoms with Gasteiger partial charge in [0.15, 0.2) is 0 Å². The van der Waals surface area contributed by atoms with Crippen molar-refractivity contribution in [1.29, 1.82) is 0 Å². The van der Waals surface area contributed by atoms with Crippen molar-refractivity contribution in [3.05, 3.63) is 0 Å². The van der Waals surface area contributed by atoms with Crippen LogP contribution in [0.1, 0.15) is 59.8 Å². The standard InChI is InChI=1S/C16H34N2/c1-6-10-17-16-9-8-14(7-2)11-15(16)12-18(5)13(3)4/h13-17H,6-12H2,1-5H3. The second-order valence-corrected chi connectivity index (χ2v) is 6.44.